The second-order valence-electron chi connectivity index (χ2n) is 4.15. The first kappa shape index (κ1) is 10.1. The highest BCUT2D eigenvalue weighted by atomic mass is 16.5. The van der Waals surface area contributed by atoms with Crippen molar-refractivity contribution in [3.63, 3.8) is 0 Å². The minimum atomic E-state index is -0.452. The van der Waals surface area contributed by atoms with Crippen LogP contribution in [0.1, 0.15) is 12.8 Å². The molecule has 1 amide bonds. The van der Waals surface area contributed by atoms with E-state index in [-0.39, 0.29) is 11.9 Å². The topological polar surface area (TPSA) is 46.6 Å². The van der Waals surface area contributed by atoms with E-state index in [0.29, 0.717) is 17.9 Å². The Labute approximate surface area is 98.5 Å². The molecule has 3 rings (SSSR count). The van der Waals surface area contributed by atoms with Gasteiger partial charge in [0, 0.05) is 12.5 Å². The van der Waals surface area contributed by atoms with Crippen LogP contribution in [-0.2, 0) is 9.59 Å². The molecular formula is C13H11NO3. The van der Waals surface area contributed by atoms with Gasteiger partial charge >= 0.3 is 5.97 Å². The van der Waals surface area contributed by atoms with Crippen LogP contribution in [0.4, 0.5) is 0 Å². The molecule has 1 aromatic carbocycles. The number of carbonyl (C=O) groups excluding carboxylic acids is 2. The van der Waals surface area contributed by atoms with Crippen LogP contribution >= 0.6 is 0 Å². The molecule has 17 heavy (non-hydrogen) atoms. The van der Waals surface area contributed by atoms with Crippen LogP contribution in [0.15, 0.2) is 42.1 Å². The minimum Gasteiger partial charge on any atom is -0.422 e. The van der Waals surface area contributed by atoms with E-state index >= 15 is 0 Å². The van der Waals surface area contributed by atoms with Gasteiger partial charge in [0.1, 0.15) is 11.4 Å². The molecule has 2 aliphatic rings. The van der Waals surface area contributed by atoms with E-state index in [4.69, 9.17) is 4.74 Å². The maximum atomic E-state index is 11.9. The summed E-state index contributed by atoms with van der Waals surface area (Å²) in [5.41, 5.74) is 0.384. The van der Waals surface area contributed by atoms with Crippen molar-refractivity contribution in [2.45, 2.75) is 18.9 Å². The summed E-state index contributed by atoms with van der Waals surface area (Å²) in [7, 11) is 0. The Balaban J connectivity index is 1.73. The lowest BCUT2D eigenvalue weighted by atomic mass is 10.0. The molecule has 86 valence electrons. The van der Waals surface area contributed by atoms with Crippen molar-refractivity contribution in [1.82, 2.24) is 4.90 Å². The third-order valence-corrected chi connectivity index (χ3v) is 3.05. The number of carbonyl (C=O) groups is 2. The SMILES string of the molecule is O=C(Oc1ccccc1)C1=CCC2CC(=O)N12. The monoisotopic (exact) mass is 229 g/mol. The normalized spacial score (nSPS) is 21.6. The van der Waals surface area contributed by atoms with Crippen molar-refractivity contribution >= 4 is 11.9 Å². The Morgan fingerprint density at radius 1 is 1.29 bits per heavy atom. The molecule has 1 aromatic rings. The first-order valence-corrected chi connectivity index (χ1v) is 5.55. The van der Waals surface area contributed by atoms with E-state index in [1.165, 1.54) is 4.90 Å². The number of hydrogen-bond donors (Lipinski definition) is 0. The lowest BCUT2D eigenvalue weighted by Crippen LogP contribution is -2.50. The van der Waals surface area contributed by atoms with Gasteiger partial charge in [0.2, 0.25) is 5.91 Å². The number of nitrogens with zero attached hydrogens (tertiary/aromatic N) is 1. The zero-order valence-electron chi connectivity index (χ0n) is 9.13. The Morgan fingerprint density at radius 3 is 2.76 bits per heavy atom. The summed E-state index contributed by atoms with van der Waals surface area (Å²) in [5.74, 6) is 0.0466. The summed E-state index contributed by atoms with van der Waals surface area (Å²) in [4.78, 5) is 24.8. The smallest absolute Gasteiger partial charge is 0.360 e. The highest BCUT2D eigenvalue weighted by molar-refractivity contribution is 5.99. The van der Waals surface area contributed by atoms with Gasteiger partial charge in [-0.1, -0.05) is 24.3 Å². The molecule has 0 radical (unpaired) electrons. The molecule has 4 nitrogen and oxygen atoms in total. The predicted octanol–water partition coefficient (Wildman–Crippen LogP) is 1.48. The summed E-state index contributed by atoms with van der Waals surface area (Å²) in [6.45, 7) is 0. The molecule has 0 spiro atoms. The number of hydrogen-bond acceptors (Lipinski definition) is 3. The molecule has 2 aliphatic heterocycles. The Kier molecular flexibility index (Phi) is 2.21. The van der Waals surface area contributed by atoms with E-state index in [1.54, 1.807) is 30.3 Å². The fourth-order valence-electron chi connectivity index (χ4n) is 2.18. The number of esters is 1. The van der Waals surface area contributed by atoms with Crippen LogP contribution in [0.25, 0.3) is 0 Å². The molecule has 2 heterocycles. The third kappa shape index (κ3) is 1.62. The maximum absolute atomic E-state index is 11.9. The molecule has 1 unspecified atom stereocenters. The van der Waals surface area contributed by atoms with Gasteiger partial charge < -0.3 is 9.64 Å². The summed E-state index contributed by atoms with van der Waals surface area (Å²) >= 11 is 0. The summed E-state index contributed by atoms with van der Waals surface area (Å²) < 4.78 is 5.20. The molecule has 0 aromatic heterocycles. The van der Waals surface area contributed by atoms with E-state index in [1.807, 2.05) is 6.07 Å². The van der Waals surface area contributed by atoms with Gasteiger partial charge in [0.15, 0.2) is 0 Å². The number of benzene rings is 1. The van der Waals surface area contributed by atoms with E-state index in [9.17, 15) is 9.59 Å². The van der Waals surface area contributed by atoms with Crippen molar-refractivity contribution < 1.29 is 14.3 Å². The average Bonchev–Trinajstić information content (AvgIpc) is 2.67. The van der Waals surface area contributed by atoms with E-state index in [2.05, 4.69) is 0 Å². The van der Waals surface area contributed by atoms with Crippen molar-refractivity contribution in [2.24, 2.45) is 0 Å². The van der Waals surface area contributed by atoms with Crippen LogP contribution < -0.4 is 4.74 Å². The number of para-hydroxylation sites is 1. The van der Waals surface area contributed by atoms with Gasteiger partial charge in [0.25, 0.3) is 0 Å². The number of β-lactam (4-membered cyclic amide) rings is 1. The van der Waals surface area contributed by atoms with Crippen LogP contribution in [0, 0.1) is 0 Å². The first-order valence-electron chi connectivity index (χ1n) is 5.55. The van der Waals surface area contributed by atoms with Crippen LogP contribution in [0.5, 0.6) is 5.75 Å². The lowest BCUT2D eigenvalue weighted by molar-refractivity contribution is -0.146. The Bertz CT molecular complexity index is 507. The number of amides is 1. The second kappa shape index (κ2) is 3.73. The molecular weight excluding hydrogens is 218 g/mol. The van der Waals surface area contributed by atoms with Gasteiger partial charge in [-0.05, 0) is 18.6 Å². The van der Waals surface area contributed by atoms with Gasteiger partial charge in [-0.15, -0.1) is 0 Å². The first-order chi connectivity index (χ1) is 8.25. The molecule has 1 fully saturated rings. The summed E-state index contributed by atoms with van der Waals surface area (Å²) in [6, 6.07) is 9.04. The number of fused-ring (bicyclic) bond motifs is 1. The van der Waals surface area contributed by atoms with Gasteiger partial charge in [-0.2, -0.15) is 0 Å². The Hall–Kier alpha value is -2.10. The van der Waals surface area contributed by atoms with Gasteiger partial charge in [-0.25, -0.2) is 4.79 Å². The van der Waals surface area contributed by atoms with Gasteiger partial charge in [-0.3, -0.25) is 4.79 Å². The molecule has 0 N–H and O–H groups in total. The zero-order chi connectivity index (χ0) is 11.8. The second-order valence-corrected chi connectivity index (χ2v) is 4.15. The number of rotatable bonds is 2. The van der Waals surface area contributed by atoms with Crippen molar-refractivity contribution in [2.75, 3.05) is 0 Å². The average molecular weight is 229 g/mol. The largest absolute Gasteiger partial charge is 0.422 e. The lowest BCUT2D eigenvalue weighted by Gasteiger charge is -2.35. The van der Waals surface area contributed by atoms with E-state index < -0.39 is 5.97 Å². The van der Waals surface area contributed by atoms with Gasteiger partial charge in [0.05, 0.1) is 0 Å². The molecule has 0 aliphatic carbocycles. The molecule has 1 saturated heterocycles. The van der Waals surface area contributed by atoms with E-state index in [0.717, 1.165) is 6.42 Å². The minimum absolute atomic E-state index is 0.00348. The molecule has 1 atom stereocenters. The van der Waals surface area contributed by atoms with Crippen molar-refractivity contribution in [3.05, 3.63) is 42.1 Å². The summed E-state index contributed by atoms with van der Waals surface area (Å²) in [6.07, 6.45) is 3.07. The molecule has 0 saturated carbocycles. The third-order valence-electron chi connectivity index (χ3n) is 3.05. The Morgan fingerprint density at radius 2 is 2.06 bits per heavy atom. The quantitative estimate of drug-likeness (QED) is 0.438. The summed E-state index contributed by atoms with van der Waals surface area (Å²) in [5, 5.41) is 0. The molecule has 4 heteroatoms. The van der Waals surface area contributed by atoms with Crippen molar-refractivity contribution in [3.8, 4) is 5.75 Å². The highest BCUT2D eigenvalue weighted by Gasteiger charge is 2.44. The standard InChI is InChI=1S/C13H11NO3/c15-12-8-9-6-7-11(14(9)12)13(16)17-10-4-2-1-3-5-10/h1-5,7,9H,6,8H2. The number of ether oxygens (including phenoxy) is 1. The van der Waals surface area contributed by atoms with Crippen LogP contribution in [0.2, 0.25) is 0 Å². The van der Waals surface area contributed by atoms with Crippen molar-refractivity contribution in [1.29, 1.82) is 0 Å². The maximum Gasteiger partial charge on any atom is 0.360 e. The van der Waals surface area contributed by atoms with Crippen LogP contribution in [-0.4, -0.2) is 22.8 Å². The predicted molar refractivity (Wildman–Crippen MR) is 60.0 cm³/mol. The fourth-order valence-corrected chi connectivity index (χ4v) is 2.18. The molecule has 0 bridgehead atoms. The van der Waals surface area contributed by atoms with Crippen LogP contribution in [0.3, 0.4) is 0 Å². The zero-order valence-corrected chi connectivity index (χ0v) is 9.13. The highest BCUT2D eigenvalue weighted by Crippen LogP contribution is 2.34. The fraction of sp³-hybridized carbons (Fsp3) is 0.231.